The molecule has 0 aromatic carbocycles. The number of H-pyrrole nitrogens is 1. The molecule has 2 N–H and O–H groups in total. The number of hydrogen-bond acceptors (Lipinski definition) is 10. The van der Waals surface area contributed by atoms with Crippen molar-refractivity contribution in [1.82, 2.24) is 24.9 Å². The summed E-state index contributed by atoms with van der Waals surface area (Å²) in [6, 6.07) is 5.91. The molecule has 1 aliphatic rings. The molecule has 49 heavy (non-hydrogen) atoms. The van der Waals surface area contributed by atoms with Gasteiger partial charge in [0.05, 0.1) is 31.2 Å². The number of amides is 1. The summed E-state index contributed by atoms with van der Waals surface area (Å²) in [5, 5.41) is 2.71. The third kappa shape index (κ3) is 8.45. The van der Waals surface area contributed by atoms with Crippen molar-refractivity contribution in [2.75, 3.05) is 50.7 Å². The zero-order chi connectivity index (χ0) is 35.2. The lowest BCUT2D eigenvalue weighted by atomic mass is 9.86. The first kappa shape index (κ1) is 35.5. The van der Waals surface area contributed by atoms with Crippen LogP contribution in [0.1, 0.15) is 67.6 Å². The number of aryl methyl sites for hydroxylation is 1. The van der Waals surface area contributed by atoms with Crippen molar-refractivity contribution in [1.29, 1.82) is 0 Å². The Kier molecular flexibility index (Phi) is 11.0. The van der Waals surface area contributed by atoms with Gasteiger partial charge in [-0.05, 0) is 56.9 Å². The molecule has 4 heterocycles. The van der Waals surface area contributed by atoms with Gasteiger partial charge in [-0.3, -0.25) is 19.9 Å². The van der Waals surface area contributed by atoms with E-state index in [2.05, 4.69) is 30.2 Å². The SMILES string of the molecule is CCOC(=O)CCc1ccc(C(=O)Nc2nc3nc(-c4cnc(OCC)c(C(F)(F)F)c4)cc(N(C)CC4(COC)CCCC4)c3[nH]2)nc1. The minimum atomic E-state index is -4.71. The fourth-order valence-corrected chi connectivity index (χ4v) is 6.25. The average molecular weight is 684 g/mol. The van der Waals surface area contributed by atoms with Gasteiger partial charge in [-0.1, -0.05) is 18.9 Å². The van der Waals surface area contributed by atoms with Gasteiger partial charge in [0.25, 0.3) is 5.91 Å². The van der Waals surface area contributed by atoms with Crippen LogP contribution in [0.3, 0.4) is 0 Å². The van der Waals surface area contributed by atoms with Crippen molar-refractivity contribution >= 4 is 34.7 Å². The summed E-state index contributed by atoms with van der Waals surface area (Å²) in [7, 11) is 3.58. The van der Waals surface area contributed by atoms with Gasteiger partial charge in [0.15, 0.2) is 5.65 Å². The first-order chi connectivity index (χ1) is 23.4. The molecule has 0 aliphatic heterocycles. The number of nitrogens with one attached hydrogen (secondary N) is 2. The number of aromatic nitrogens is 5. The summed E-state index contributed by atoms with van der Waals surface area (Å²) < 4.78 is 57.7. The maximum atomic E-state index is 14.0. The Morgan fingerprint density at radius 1 is 1.06 bits per heavy atom. The highest BCUT2D eigenvalue weighted by Gasteiger charge is 2.37. The van der Waals surface area contributed by atoms with Gasteiger partial charge in [-0.2, -0.15) is 18.2 Å². The number of carbonyl (C=O) groups excluding carboxylic acids is 2. The Labute approximate surface area is 281 Å². The zero-order valence-corrected chi connectivity index (χ0v) is 27.9. The Morgan fingerprint density at radius 3 is 2.49 bits per heavy atom. The molecule has 12 nitrogen and oxygen atoms in total. The fourth-order valence-electron chi connectivity index (χ4n) is 6.25. The topological polar surface area (TPSA) is 144 Å². The lowest BCUT2D eigenvalue weighted by Gasteiger charge is -2.34. The summed E-state index contributed by atoms with van der Waals surface area (Å²) in [4.78, 5) is 47.3. The Morgan fingerprint density at radius 2 is 1.84 bits per heavy atom. The summed E-state index contributed by atoms with van der Waals surface area (Å²) in [5.74, 6) is -1.28. The number of hydrogen-bond donors (Lipinski definition) is 2. The largest absolute Gasteiger partial charge is 0.478 e. The molecule has 262 valence electrons. The van der Waals surface area contributed by atoms with Crippen molar-refractivity contribution in [3.63, 3.8) is 0 Å². The van der Waals surface area contributed by atoms with E-state index in [1.165, 1.54) is 12.4 Å². The number of pyridine rings is 3. The maximum absolute atomic E-state index is 14.0. The molecule has 5 rings (SSSR count). The van der Waals surface area contributed by atoms with Crippen LogP contribution >= 0.6 is 0 Å². The number of fused-ring (bicyclic) bond motifs is 1. The van der Waals surface area contributed by atoms with Gasteiger partial charge in [0, 0.05) is 50.5 Å². The predicted molar refractivity (Wildman–Crippen MR) is 176 cm³/mol. The van der Waals surface area contributed by atoms with Crippen molar-refractivity contribution in [2.24, 2.45) is 5.41 Å². The molecular weight excluding hydrogens is 643 g/mol. The van der Waals surface area contributed by atoms with Gasteiger partial charge in [0.2, 0.25) is 11.8 Å². The van der Waals surface area contributed by atoms with Crippen LogP contribution in [-0.4, -0.2) is 77.3 Å². The van der Waals surface area contributed by atoms with Crippen LogP contribution in [0.2, 0.25) is 0 Å². The summed E-state index contributed by atoms with van der Waals surface area (Å²) in [6.45, 7) is 4.83. The summed E-state index contributed by atoms with van der Waals surface area (Å²) in [5.41, 5.74) is 1.42. The molecule has 0 bridgehead atoms. The van der Waals surface area contributed by atoms with E-state index >= 15 is 0 Å². The minimum Gasteiger partial charge on any atom is -0.478 e. The highest BCUT2D eigenvalue weighted by Crippen LogP contribution is 2.42. The lowest BCUT2D eigenvalue weighted by Crippen LogP contribution is -2.37. The van der Waals surface area contributed by atoms with Crippen LogP contribution in [-0.2, 0) is 26.9 Å². The van der Waals surface area contributed by atoms with Crippen LogP contribution in [0.4, 0.5) is 24.8 Å². The number of imidazole rings is 1. The third-order valence-corrected chi connectivity index (χ3v) is 8.49. The highest BCUT2D eigenvalue weighted by atomic mass is 19.4. The summed E-state index contributed by atoms with van der Waals surface area (Å²) >= 11 is 0. The molecule has 1 fully saturated rings. The number of esters is 1. The van der Waals surface area contributed by atoms with E-state index in [4.69, 9.17) is 14.2 Å². The van der Waals surface area contributed by atoms with Gasteiger partial charge in [-0.25, -0.2) is 9.97 Å². The second kappa shape index (κ2) is 15.2. The Balaban J connectivity index is 1.48. The van der Waals surface area contributed by atoms with Crippen LogP contribution in [0.25, 0.3) is 22.4 Å². The van der Waals surface area contributed by atoms with E-state index in [0.717, 1.165) is 37.3 Å². The van der Waals surface area contributed by atoms with Crippen molar-refractivity contribution in [3.8, 4) is 17.1 Å². The molecular formula is C34H40F3N7O5. The van der Waals surface area contributed by atoms with Gasteiger partial charge in [-0.15, -0.1) is 0 Å². The molecule has 15 heteroatoms. The Bertz CT molecular complexity index is 1770. The first-order valence-corrected chi connectivity index (χ1v) is 16.2. The smallest absolute Gasteiger partial charge is 0.421 e. The monoisotopic (exact) mass is 683 g/mol. The van der Waals surface area contributed by atoms with E-state index in [9.17, 15) is 22.8 Å². The zero-order valence-electron chi connectivity index (χ0n) is 27.9. The molecule has 0 radical (unpaired) electrons. The number of carbonyl (C=O) groups is 2. The summed E-state index contributed by atoms with van der Waals surface area (Å²) in [6.07, 6.45) is 2.82. The van der Waals surface area contributed by atoms with Crippen LogP contribution in [0, 0.1) is 5.41 Å². The maximum Gasteiger partial charge on any atom is 0.421 e. The first-order valence-electron chi connectivity index (χ1n) is 16.2. The molecule has 4 aromatic rings. The third-order valence-electron chi connectivity index (χ3n) is 8.49. The number of alkyl halides is 3. The molecule has 0 atom stereocenters. The standard InChI is InChI=1S/C34H40F3N7O5/c1-5-48-27(45)12-10-21-9-11-24(38-17-21)30(46)43-32-41-28-26(44(3)19-33(20-47-4)13-7-8-14-33)16-25(40-29(28)42-32)22-15-23(34(35,36)37)31(39-18-22)49-6-2/h9,11,15-18H,5-8,10,12-14,19-20H2,1-4H3,(H2,40,41,42,43,46). The predicted octanol–water partition coefficient (Wildman–Crippen LogP) is 6.22. The van der Waals surface area contributed by atoms with E-state index in [1.807, 2.05) is 11.9 Å². The number of nitrogens with zero attached hydrogens (tertiary/aromatic N) is 5. The molecule has 0 spiro atoms. The van der Waals surface area contributed by atoms with Crippen molar-refractivity contribution in [3.05, 3.63) is 53.5 Å². The number of methoxy groups -OCH3 is 1. The van der Waals surface area contributed by atoms with E-state index in [0.29, 0.717) is 37.4 Å². The van der Waals surface area contributed by atoms with Gasteiger partial charge in [0.1, 0.15) is 16.8 Å². The van der Waals surface area contributed by atoms with E-state index in [-0.39, 0.29) is 53.0 Å². The molecule has 1 saturated carbocycles. The molecule has 0 unspecified atom stereocenters. The van der Waals surface area contributed by atoms with Gasteiger partial charge >= 0.3 is 12.1 Å². The minimum absolute atomic E-state index is 0.0225. The van der Waals surface area contributed by atoms with Crippen molar-refractivity contribution in [2.45, 2.75) is 58.5 Å². The lowest BCUT2D eigenvalue weighted by molar-refractivity contribution is -0.143. The van der Waals surface area contributed by atoms with E-state index < -0.39 is 23.5 Å². The van der Waals surface area contributed by atoms with Gasteiger partial charge < -0.3 is 24.1 Å². The second-order valence-corrected chi connectivity index (χ2v) is 12.1. The van der Waals surface area contributed by atoms with E-state index in [1.54, 1.807) is 39.2 Å². The Hall–Kier alpha value is -4.79. The highest BCUT2D eigenvalue weighted by molar-refractivity contribution is 6.03. The molecule has 1 amide bonds. The second-order valence-electron chi connectivity index (χ2n) is 12.1. The molecule has 1 aliphatic carbocycles. The van der Waals surface area contributed by atoms with Crippen LogP contribution < -0.4 is 15.0 Å². The number of anilines is 2. The normalized spacial score (nSPS) is 14.2. The average Bonchev–Trinajstić information content (AvgIpc) is 3.70. The fraction of sp³-hybridized carbons (Fsp3) is 0.471. The number of halogens is 3. The van der Waals surface area contributed by atoms with Crippen LogP contribution in [0.15, 0.2) is 36.7 Å². The van der Waals surface area contributed by atoms with Crippen LogP contribution in [0.5, 0.6) is 5.88 Å². The number of ether oxygens (including phenoxy) is 3. The molecule has 4 aromatic heterocycles. The molecule has 0 saturated heterocycles. The van der Waals surface area contributed by atoms with Crippen molar-refractivity contribution < 1.29 is 37.0 Å². The quantitative estimate of drug-likeness (QED) is 0.147. The number of rotatable bonds is 14. The number of aromatic amines is 1.